The molecule has 1 aromatic carbocycles. The zero-order valence-electron chi connectivity index (χ0n) is 10.5. The Morgan fingerprint density at radius 2 is 1.95 bits per heavy atom. The second kappa shape index (κ2) is 5.01. The minimum Gasteiger partial charge on any atom is -0.454 e. The number of hydrogen-bond donors (Lipinski definition) is 2. The number of fused-ring (bicyclic) bond motifs is 1. The molecule has 0 atom stereocenters. The van der Waals surface area contributed by atoms with E-state index in [2.05, 4.69) is 20.6 Å². The summed E-state index contributed by atoms with van der Waals surface area (Å²) in [4.78, 5) is 8.30. The van der Waals surface area contributed by atoms with Crippen LogP contribution in [0.1, 0.15) is 6.92 Å². The smallest absolute Gasteiger partial charge is 0.231 e. The monoisotopic (exact) mass is 258 g/mol. The van der Waals surface area contributed by atoms with Crippen molar-refractivity contribution in [3.8, 4) is 11.5 Å². The second-order valence-corrected chi connectivity index (χ2v) is 4.01. The number of ether oxygens (including phenoxy) is 2. The molecule has 98 valence electrons. The molecule has 1 aliphatic rings. The highest BCUT2D eigenvalue weighted by atomic mass is 16.7. The summed E-state index contributed by atoms with van der Waals surface area (Å²) < 4.78 is 10.6. The van der Waals surface area contributed by atoms with Crippen LogP contribution < -0.4 is 20.1 Å². The van der Waals surface area contributed by atoms with E-state index < -0.39 is 0 Å². The molecule has 0 fully saturated rings. The van der Waals surface area contributed by atoms with Crippen molar-refractivity contribution in [1.82, 2.24) is 9.97 Å². The van der Waals surface area contributed by atoms with Gasteiger partial charge in [0.25, 0.3) is 0 Å². The van der Waals surface area contributed by atoms with Gasteiger partial charge in [-0.15, -0.1) is 0 Å². The van der Waals surface area contributed by atoms with Crippen LogP contribution in [0.3, 0.4) is 0 Å². The molecule has 6 heteroatoms. The lowest BCUT2D eigenvalue weighted by Crippen LogP contribution is -2.01. The number of nitrogens with one attached hydrogen (secondary N) is 2. The summed E-state index contributed by atoms with van der Waals surface area (Å²) in [6.45, 7) is 3.12. The Morgan fingerprint density at radius 1 is 1.11 bits per heavy atom. The van der Waals surface area contributed by atoms with Crippen molar-refractivity contribution in [2.75, 3.05) is 24.0 Å². The Labute approximate surface area is 110 Å². The first-order valence-corrected chi connectivity index (χ1v) is 6.08. The largest absolute Gasteiger partial charge is 0.454 e. The van der Waals surface area contributed by atoms with Crippen LogP contribution >= 0.6 is 0 Å². The Morgan fingerprint density at radius 3 is 2.84 bits per heavy atom. The fourth-order valence-electron chi connectivity index (χ4n) is 1.83. The Hall–Kier alpha value is -2.50. The van der Waals surface area contributed by atoms with E-state index in [1.54, 1.807) is 0 Å². The SMILES string of the molecule is CCNc1cc(Nc2ccc3c(c2)OCO3)ncn1. The van der Waals surface area contributed by atoms with Crippen LogP contribution in [0, 0.1) is 0 Å². The fourth-order valence-corrected chi connectivity index (χ4v) is 1.83. The van der Waals surface area contributed by atoms with Gasteiger partial charge in [0.15, 0.2) is 11.5 Å². The molecule has 2 aromatic rings. The maximum atomic E-state index is 5.33. The molecule has 0 unspecified atom stereocenters. The number of hydrogen-bond acceptors (Lipinski definition) is 6. The molecule has 2 N–H and O–H groups in total. The van der Waals surface area contributed by atoms with Crippen LogP contribution in [0.5, 0.6) is 11.5 Å². The van der Waals surface area contributed by atoms with Crippen molar-refractivity contribution >= 4 is 17.3 Å². The van der Waals surface area contributed by atoms with Gasteiger partial charge in [-0.2, -0.15) is 0 Å². The van der Waals surface area contributed by atoms with E-state index in [9.17, 15) is 0 Å². The number of aromatic nitrogens is 2. The van der Waals surface area contributed by atoms with E-state index in [-0.39, 0.29) is 6.79 Å². The lowest BCUT2D eigenvalue weighted by Gasteiger charge is -2.08. The summed E-state index contributed by atoms with van der Waals surface area (Å²) in [6, 6.07) is 7.53. The van der Waals surface area contributed by atoms with Gasteiger partial charge in [0.05, 0.1) is 0 Å². The van der Waals surface area contributed by atoms with E-state index in [0.717, 1.165) is 35.4 Å². The van der Waals surface area contributed by atoms with Gasteiger partial charge < -0.3 is 20.1 Å². The third-order valence-electron chi connectivity index (χ3n) is 2.67. The highest BCUT2D eigenvalue weighted by Crippen LogP contribution is 2.34. The number of benzene rings is 1. The summed E-state index contributed by atoms with van der Waals surface area (Å²) in [5.74, 6) is 3.03. The predicted octanol–water partition coefficient (Wildman–Crippen LogP) is 2.38. The van der Waals surface area contributed by atoms with Crippen molar-refractivity contribution in [1.29, 1.82) is 0 Å². The molecule has 1 aliphatic heterocycles. The first-order chi connectivity index (χ1) is 9.35. The quantitative estimate of drug-likeness (QED) is 0.877. The summed E-state index contributed by atoms with van der Waals surface area (Å²) >= 11 is 0. The number of nitrogens with zero attached hydrogens (tertiary/aromatic N) is 2. The van der Waals surface area contributed by atoms with Gasteiger partial charge >= 0.3 is 0 Å². The molecule has 0 spiro atoms. The Kier molecular flexibility index (Phi) is 3.06. The van der Waals surface area contributed by atoms with E-state index >= 15 is 0 Å². The number of anilines is 3. The first-order valence-electron chi connectivity index (χ1n) is 6.08. The van der Waals surface area contributed by atoms with Gasteiger partial charge in [0.1, 0.15) is 18.0 Å². The summed E-state index contributed by atoms with van der Waals surface area (Å²) in [5, 5.41) is 6.35. The Bertz CT molecular complexity index is 589. The average Bonchev–Trinajstić information content (AvgIpc) is 2.87. The fraction of sp³-hybridized carbons (Fsp3) is 0.231. The molecule has 0 aliphatic carbocycles. The third-order valence-corrected chi connectivity index (χ3v) is 2.67. The molecular formula is C13H14N4O2. The van der Waals surface area contributed by atoms with Crippen molar-refractivity contribution in [3.63, 3.8) is 0 Å². The van der Waals surface area contributed by atoms with E-state index in [1.165, 1.54) is 6.33 Å². The van der Waals surface area contributed by atoms with Gasteiger partial charge in [-0.3, -0.25) is 0 Å². The van der Waals surface area contributed by atoms with Crippen molar-refractivity contribution < 1.29 is 9.47 Å². The molecule has 3 rings (SSSR count). The van der Waals surface area contributed by atoms with Crippen LogP contribution in [0.2, 0.25) is 0 Å². The van der Waals surface area contributed by atoms with Gasteiger partial charge in [0, 0.05) is 24.4 Å². The maximum Gasteiger partial charge on any atom is 0.231 e. The molecular weight excluding hydrogens is 244 g/mol. The average molecular weight is 258 g/mol. The lowest BCUT2D eigenvalue weighted by molar-refractivity contribution is 0.174. The maximum absolute atomic E-state index is 5.33. The molecule has 2 heterocycles. The first kappa shape index (κ1) is 11.6. The summed E-state index contributed by atoms with van der Waals surface area (Å²) in [6.07, 6.45) is 1.52. The van der Waals surface area contributed by atoms with E-state index in [4.69, 9.17) is 9.47 Å². The second-order valence-electron chi connectivity index (χ2n) is 4.01. The van der Waals surface area contributed by atoms with Crippen LogP contribution in [0.25, 0.3) is 0 Å². The summed E-state index contributed by atoms with van der Waals surface area (Å²) in [5.41, 5.74) is 0.894. The van der Waals surface area contributed by atoms with Gasteiger partial charge in [-0.1, -0.05) is 0 Å². The van der Waals surface area contributed by atoms with Crippen molar-refractivity contribution in [2.45, 2.75) is 6.92 Å². The minimum atomic E-state index is 0.275. The molecule has 1 aromatic heterocycles. The van der Waals surface area contributed by atoms with Gasteiger partial charge in [0.2, 0.25) is 6.79 Å². The van der Waals surface area contributed by atoms with Gasteiger partial charge in [-0.25, -0.2) is 9.97 Å². The third kappa shape index (κ3) is 2.52. The Balaban J connectivity index is 1.79. The van der Waals surface area contributed by atoms with Crippen LogP contribution in [-0.2, 0) is 0 Å². The van der Waals surface area contributed by atoms with Gasteiger partial charge in [-0.05, 0) is 19.1 Å². The highest BCUT2D eigenvalue weighted by molar-refractivity contribution is 5.63. The van der Waals surface area contributed by atoms with Crippen molar-refractivity contribution in [3.05, 3.63) is 30.6 Å². The summed E-state index contributed by atoms with van der Waals surface area (Å²) in [7, 11) is 0. The van der Waals surface area contributed by atoms with Crippen LogP contribution in [0.15, 0.2) is 30.6 Å². The number of rotatable bonds is 4. The van der Waals surface area contributed by atoms with Crippen LogP contribution in [-0.4, -0.2) is 23.3 Å². The molecule has 0 amide bonds. The minimum absolute atomic E-state index is 0.275. The molecule has 19 heavy (non-hydrogen) atoms. The van der Waals surface area contributed by atoms with E-state index in [0.29, 0.717) is 0 Å². The molecule has 0 saturated heterocycles. The molecule has 6 nitrogen and oxygen atoms in total. The molecule has 0 bridgehead atoms. The lowest BCUT2D eigenvalue weighted by atomic mass is 10.3. The highest BCUT2D eigenvalue weighted by Gasteiger charge is 2.13. The zero-order valence-corrected chi connectivity index (χ0v) is 10.5. The normalized spacial score (nSPS) is 12.3. The van der Waals surface area contributed by atoms with E-state index in [1.807, 2.05) is 31.2 Å². The van der Waals surface area contributed by atoms with Crippen molar-refractivity contribution in [2.24, 2.45) is 0 Å². The topological polar surface area (TPSA) is 68.3 Å². The molecule has 0 saturated carbocycles. The molecule has 0 radical (unpaired) electrons. The predicted molar refractivity (Wildman–Crippen MR) is 72.0 cm³/mol. The standard InChI is InChI=1S/C13H14N4O2/c1-2-14-12-6-13(16-7-15-12)17-9-3-4-10-11(5-9)19-8-18-10/h3-7H,2,8H2,1H3,(H2,14,15,16,17). The van der Waals surface area contributed by atoms with Crippen LogP contribution in [0.4, 0.5) is 17.3 Å². The zero-order chi connectivity index (χ0) is 13.1.